The number of amides is 1. The quantitative estimate of drug-likeness (QED) is 0.851. The fourth-order valence-electron chi connectivity index (χ4n) is 2.96. The molecule has 3 heterocycles. The van der Waals surface area contributed by atoms with E-state index < -0.39 is 0 Å². The van der Waals surface area contributed by atoms with Crippen molar-refractivity contribution in [2.75, 3.05) is 13.6 Å². The van der Waals surface area contributed by atoms with Gasteiger partial charge in [-0.1, -0.05) is 6.07 Å². The highest BCUT2D eigenvalue weighted by atomic mass is 32.1. The molecule has 5 heteroatoms. The Morgan fingerprint density at radius 3 is 2.91 bits per heavy atom. The van der Waals surface area contributed by atoms with Crippen LogP contribution in [0.3, 0.4) is 0 Å². The number of hydrogen-bond donors (Lipinski definition) is 0. The van der Waals surface area contributed by atoms with Crippen LogP contribution < -0.4 is 0 Å². The first-order chi connectivity index (χ1) is 10.7. The normalized spacial score (nSPS) is 18.5. The fraction of sp³-hybridized carbons (Fsp3) is 0.412. The molecule has 4 nitrogen and oxygen atoms in total. The van der Waals surface area contributed by atoms with E-state index in [1.807, 2.05) is 30.3 Å². The van der Waals surface area contributed by atoms with E-state index >= 15 is 0 Å². The minimum atomic E-state index is 0.0234. The molecule has 1 aliphatic heterocycles. The van der Waals surface area contributed by atoms with Gasteiger partial charge in [-0.15, -0.1) is 0 Å². The van der Waals surface area contributed by atoms with Crippen molar-refractivity contribution in [3.05, 3.63) is 52.5 Å². The van der Waals surface area contributed by atoms with Gasteiger partial charge in [-0.25, -0.2) is 0 Å². The molecule has 116 valence electrons. The lowest BCUT2D eigenvalue weighted by molar-refractivity contribution is -0.136. The Kier molecular flexibility index (Phi) is 4.85. The van der Waals surface area contributed by atoms with Crippen molar-refractivity contribution >= 4 is 17.2 Å². The molecule has 1 amide bonds. The van der Waals surface area contributed by atoms with E-state index in [-0.39, 0.29) is 11.9 Å². The Morgan fingerprint density at radius 2 is 2.27 bits per heavy atom. The maximum Gasteiger partial charge on any atom is 0.240 e. The Balaban J connectivity index is 1.77. The van der Waals surface area contributed by atoms with Crippen LogP contribution in [-0.4, -0.2) is 40.3 Å². The molecular formula is C17H21N3OS. The molecule has 0 unspecified atom stereocenters. The molecule has 22 heavy (non-hydrogen) atoms. The third-order valence-electron chi connectivity index (χ3n) is 4.17. The van der Waals surface area contributed by atoms with E-state index in [1.54, 1.807) is 17.5 Å². The van der Waals surface area contributed by atoms with E-state index in [0.717, 1.165) is 24.9 Å². The second kappa shape index (κ2) is 7.03. The lowest BCUT2D eigenvalue weighted by Gasteiger charge is -2.28. The molecular weight excluding hydrogens is 294 g/mol. The van der Waals surface area contributed by atoms with Gasteiger partial charge in [0.15, 0.2) is 0 Å². The fourth-order valence-corrected chi connectivity index (χ4v) is 3.62. The van der Waals surface area contributed by atoms with Crippen LogP contribution in [0.4, 0.5) is 0 Å². The zero-order chi connectivity index (χ0) is 15.4. The van der Waals surface area contributed by atoms with Crippen molar-refractivity contribution in [3.63, 3.8) is 0 Å². The molecule has 0 spiro atoms. The topological polar surface area (TPSA) is 36.4 Å². The van der Waals surface area contributed by atoms with Crippen LogP contribution in [0.2, 0.25) is 0 Å². The third-order valence-corrected chi connectivity index (χ3v) is 4.90. The van der Waals surface area contributed by atoms with Gasteiger partial charge in [0.05, 0.1) is 6.04 Å². The Bertz CT molecular complexity index is 600. The van der Waals surface area contributed by atoms with Gasteiger partial charge in [-0.2, -0.15) is 11.3 Å². The van der Waals surface area contributed by atoms with Crippen LogP contribution in [0, 0.1) is 0 Å². The van der Waals surface area contributed by atoms with Gasteiger partial charge in [-0.3, -0.25) is 14.7 Å². The van der Waals surface area contributed by atoms with Crippen LogP contribution in [-0.2, 0) is 17.9 Å². The number of carbonyl (C=O) groups excluding carboxylic acids is 1. The zero-order valence-electron chi connectivity index (χ0n) is 12.8. The Labute approximate surface area is 135 Å². The maximum atomic E-state index is 13.0. The molecule has 0 radical (unpaired) electrons. The summed E-state index contributed by atoms with van der Waals surface area (Å²) in [6.45, 7) is 2.30. The molecule has 3 rings (SSSR count). The highest BCUT2D eigenvalue weighted by molar-refractivity contribution is 7.07. The number of likely N-dealkylation sites (N-methyl/N-ethyl adjacent to an activating group) is 1. The van der Waals surface area contributed by atoms with E-state index in [2.05, 4.69) is 26.7 Å². The van der Waals surface area contributed by atoms with Gasteiger partial charge in [0.2, 0.25) is 5.91 Å². The smallest absolute Gasteiger partial charge is 0.240 e. The summed E-state index contributed by atoms with van der Waals surface area (Å²) in [7, 11) is 2.04. The van der Waals surface area contributed by atoms with Gasteiger partial charge >= 0.3 is 0 Å². The third kappa shape index (κ3) is 3.54. The van der Waals surface area contributed by atoms with Crippen molar-refractivity contribution in [3.8, 4) is 0 Å². The number of thiophene rings is 1. The first kappa shape index (κ1) is 15.2. The van der Waals surface area contributed by atoms with E-state index in [9.17, 15) is 4.79 Å². The minimum absolute atomic E-state index is 0.0234. The first-order valence-electron chi connectivity index (χ1n) is 7.63. The highest BCUT2D eigenvalue weighted by Crippen LogP contribution is 2.20. The lowest BCUT2D eigenvalue weighted by atomic mass is 10.1. The summed E-state index contributed by atoms with van der Waals surface area (Å²) in [5, 5.41) is 4.17. The van der Waals surface area contributed by atoms with Crippen molar-refractivity contribution in [1.29, 1.82) is 0 Å². The van der Waals surface area contributed by atoms with Gasteiger partial charge in [0.25, 0.3) is 0 Å². The number of nitrogens with zero attached hydrogens (tertiary/aromatic N) is 3. The summed E-state index contributed by atoms with van der Waals surface area (Å²) in [6, 6.07) is 6.06. The zero-order valence-corrected chi connectivity index (χ0v) is 13.6. The number of carbonyl (C=O) groups is 1. The molecule has 1 fully saturated rings. The van der Waals surface area contributed by atoms with E-state index in [1.165, 1.54) is 5.56 Å². The molecule has 1 aliphatic rings. The molecule has 0 saturated carbocycles. The average Bonchev–Trinajstić information content (AvgIpc) is 3.18. The number of hydrogen-bond acceptors (Lipinski definition) is 4. The molecule has 1 atom stereocenters. The summed E-state index contributed by atoms with van der Waals surface area (Å²) < 4.78 is 0. The summed E-state index contributed by atoms with van der Waals surface area (Å²) in [5.74, 6) is 0.232. The number of pyridine rings is 1. The van der Waals surface area contributed by atoms with Crippen LogP contribution >= 0.6 is 11.3 Å². The van der Waals surface area contributed by atoms with Crippen molar-refractivity contribution < 1.29 is 4.79 Å². The first-order valence-corrected chi connectivity index (χ1v) is 8.57. The van der Waals surface area contributed by atoms with Crippen LogP contribution in [0.1, 0.15) is 24.0 Å². The van der Waals surface area contributed by atoms with Gasteiger partial charge in [0.1, 0.15) is 0 Å². The average molecular weight is 315 g/mol. The number of rotatable bonds is 5. The minimum Gasteiger partial charge on any atom is -0.333 e. The molecule has 0 aromatic carbocycles. The molecule has 2 aromatic heterocycles. The largest absolute Gasteiger partial charge is 0.333 e. The number of aromatic nitrogens is 1. The molecule has 0 aliphatic carbocycles. The van der Waals surface area contributed by atoms with Gasteiger partial charge in [0, 0.05) is 25.5 Å². The van der Waals surface area contributed by atoms with Crippen LogP contribution in [0.5, 0.6) is 0 Å². The number of likely N-dealkylation sites (tertiary alicyclic amines) is 1. The summed E-state index contributed by atoms with van der Waals surface area (Å²) >= 11 is 1.67. The molecule has 1 saturated heterocycles. The summed E-state index contributed by atoms with van der Waals surface area (Å²) in [4.78, 5) is 21.3. The molecule has 2 aromatic rings. The Hall–Kier alpha value is -1.72. The maximum absolute atomic E-state index is 13.0. The van der Waals surface area contributed by atoms with Crippen molar-refractivity contribution in [2.45, 2.75) is 32.0 Å². The molecule has 0 bridgehead atoms. The summed E-state index contributed by atoms with van der Waals surface area (Å²) in [5.41, 5.74) is 2.27. The van der Waals surface area contributed by atoms with Gasteiger partial charge in [-0.05, 0) is 60.5 Å². The Morgan fingerprint density at radius 1 is 1.41 bits per heavy atom. The van der Waals surface area contributed by atoms with Crippen LogP contribution in [0.15, 0.2) is 41.4 Å². The van der Waals surface area contributed by atoms with Crippen LogP contribution in [0.25, 0.3) is 0 Å². The lowest BCUT2D eigenvalue weighted by Crippen LogP contribution is -2.43. The van der Waals surface area contributed by atoms with E-state index in [0.29, 0.717) is 13.1 Å². The second-order valence-corrected chi connectivity index (χ2v) is 6.61. The molecule has 0 N–H and O–H groups in total. The predicted octanol–water partition coefficient (Wildman–Crippen LogP) is 2.77. The van der Waals surface area contributed by atoms with Gasteiger partial charge < -0.3 is 4.90 Å². The van der Waals surface area contributed by atoms with E-state index in [4.69, 9.17) is 0 Å². The second-order valence-electron chi connectivity index (χ2n) is 5.83. The van der Waals surface area contributed by atoms with Crippen molar-refractivity contribution in [1.82, 2.24) is 14.8 Å². The predicted molar refractivity (Wildman–Crippen MR) is 88.5 cm³/mol. The standard InChI is InChI=1S/C17H21N3OS/c1-19-8-3-5-16(19)17(21)20(12-15-6-9-22-13-15)11-14-4-2-7-18-10-14/h2,4,6-7,9-10,13,16H,3,5,8,11-12H2,1H3/t16-/m0/s1. The van der Waals surface area contributed by atoms with Crippen molar-refractivity contribution in [2.24, 2.45) is 0 Å². The highest BCUT2D eigenvalue weighted by Gasteiger charge is 2.31. The summed E-state index contributed by atoms with van der Waals surface area (Å²) in [6.07, 6.45) is 5.67. The SMILES string of the molecule is CN1CCC[C@H]1C(=O)N(Cc1cccnc1)Cc1ccsc1. The monoisotopic (exact) mass is 315 g/mol.